The van der Waals surface area contributed by atoms with E-state index in [1.54, 1.807) is 23.8 Å². The molecule has 1 heterocycles. The lowest BCUT2D eigenvalue weighted by Crippen LogP contribution is -2.54. The highest BCUT2D eigenvalue weighted by Gasteiger charge is 2.37. The van der Waals surface area contributed by atoms with Gasteiger partial charge in [0.15, 0.2) is 0 Å². The first-order valence-electron chi connectivity index (χ1n) is 11.1. The number of nitrogens with zero attached hydrogens (tertiary/aromatic N) is 1. The van der Waals surface area contributed by atoms with E-state index in [-0.39, 0.29) is 23.7 Å². The average molecular weight is 475 g/mol. The second-order valence-electron chi connectivity index (χ2n) is 7.98. The van der Waals surface area contributed by atoms with E-state index in [9.17, 15) is 9.59 Å². The number of rotatable bonds is 13. The SMILES string of the molecule is COc1ccc(CSC2CC(=O)N2CC(=O)NCCCCCCc2ccc(Cl)cc2)cc1. The van der Waals surface area contributed by atoms with E-state index in [4.69, 9.17) is 16.3 Å². The van der Waals surface area contributed by atoms with Crippen LogP contribution in [0.3, 0.4) is 0 Å². The van der Waals surface area contributed by atoms with Gasteiger partial charge in [0.2, 0.25) is 11.8 Å². The molecular formula is C25H31ClN2O3S. The number of thioether (sulfide) groups is 1. The van der Waals surface area contributed by atoms with Crippen molar-refractivity contribution in [3.05, 3.63) is 64.7 Å². The Morgan fingerprint density at radius 3 is 2.44 bits per heavy atom. The molecule has 1 aliphatic rings. The Balaban J connectivity index is 1.25. The molecule has 7 heteroatoms. The lowest BCUT2D eigenvalue weighted by Gasteiger charge is -2.39. The Hall–Kier alpha value is -2.18. The molecule has 0 bridgehead atoms. The monoisotopic (exact) mass is 474 g/mol. The summed E-state index contributed by atoms with van der Waals surface area (Å²) in [6.07, 6.45) is 5.85. The fraction of sp³-hybridized carbons (Fsp3) is 0.440. The third-order valence-electron chi connectivity index (χ3n) is 5.56. The largest absolute Gasteiger partial charge is 0.497 e. The normalized spacial score (nSPS) is 15.4. The number of nitrogens with one attached hydrogen (secondary N) is 1. The number of hydrogen-bond acceptors (Lipinski definition) is 4. The molecule has 0 aromatic heterocycles. The van der Waals surface area contributed by atoms with E-state index in [0.717, 1.165) is 48.6 Å². The number of carbonyl (C=O) groups excluding carboxylic acids is 2. The van der Waals surface area contributed by atoms with Crippen LogP contribution in [0.1, 0.15) is 43.2 Å². The summed E-state index contributed by atoms with van der Waals surface area (Å²) in [6, 6.07) is 15.9. The third-order valence-corrected chi connectivity index (χ3v) is 7.12. The van der Waals surface area contributed by atoms with Crippen LogP contribution in [-0.2, 0) is 21.8 Å². The maximum absolute atomic E-state index is 12.2. The number of carbonyl (C=O) groups is 2. The minimum Gasteiger partial charge on any atom is -0.497 e. The molecule has 1 saturated heterocycles. The zero-order chi connectivity index (χ0) is 22.8. The van der Waals surface area contributed by atoms with Crippen molar-refractivity contribution in [1.82, 2.24) is 10.2 Å². The summed E-state index contributed by atoms with van der Waals surface area (Å²) < 4.78 is 5.18. The van der Waals surface area contributed by atoms with E-state index in [0.29, 0.717) is 13.0 Å². The molecule has 5 nitrogen and oxygen atoms in total. The van der Waals surface area contributed by atoms with Gasteiger partial charge < -0.3 is 15.0 Å². The van der Waals surface area contributed by atoms with Gasteiger partial charge in [-0.15, -0.1) is 11.8 Å². The minimum atomic E-state index is -0.0748. The van der Waals surface area contributed by atoms with Crippen LogP contribution in [0.25, 0.3) is 0 Å². The molecule has 0 saturated carbocycles. The summed E-state index contributed by atoms with van der Waals surface area (Å²) in [5.41, 5.74) is 2.48. The standard InChI is InChI=1S/C25H31ClN2O3S/c1-31-22-13-9-20(10-14-22)18-32-25-16-24(30)28(25)17-23(29)27-15-5-3-2-4-6-19-7-11-21(26)12-8-19/h7-14,25H,2-6,15-18H2,1H3,(H,27,29). The summed E-state index contributed by atoms with van der Waals surface area (Å²) in [4.78, 5) is 25.9. The van der Waals surface area contributed by atoms with E-state index in [1.165, 1.54) is 11.1 Å². The molecule has 0 spiro atoms. The molecule has 2 aromatic carbocycles. The molecule has 1 N–H and O–H groups in total. The van der Waals surface area contributed by atoms with Gasteiger partial charge in [-0.05, 0) is 54.7 Å². The van der Waals surface area contributed by atoms with E-state index >= 15 is 0 Å². The number of halogens is 1. The lowest BCUT2D eigenvalue weighted by molar-refractivity contribution is -0.145. The first-order chi connectivity index (χ1) is 15.5. The number of unbranched alkanes of at least 4 members (excludes halogenated alkanes) is 3. The Morgan fingerprint density at radius 2 is 1.75 bits per heavy atom. The first-order valence-corrected chi connectivity index (χ1v) is 12.5. The summed E-state index contributed by atoms with van der Waals surface area (Å²) in [7, 11) is 1.65. The van der Waals surface area contributed by atoms with Crippen LogP contribution in [-0.4, -0.2) is 42.3 Å². The summed E-state index contributed by atoms with van der Waals surface area (Å²) in [6.45, 7) is 0.807. The van der Waals surface area contributed by atoms with Gasteiger partial charge in [-0.2, -0.15) is 0 Å². The second-order valence-corrected chi connectivity index (χ2v) is 9.58. The number of amides is 2. The van der Waals surface area contributed by atoms with Crippen LogP contribution in [0.2, 0.25) is 5.02 Å². The molecule has 1 fully saturated rings. The highest BCUT2D eigenvalue weighted by atomic mass is 35.5. The molecule has 0 radical (unpaired) electrons. The molecule has 172 valence electrons. The van der Waals surface area contributed by atoms with Crippen molar-refractivity contribution in [2.45, 2.75) is 49.7 Å². The molecule has 1 atom stereocenters. The van der Waals surface area contributed by atoms with Gasteiger partial charge in [-0.25, -0.2) is 0 Å². The molecule has 32 heavy (non-hydrogen) atoms. The summed E-state index contributed by atoms with van der Waals surface area (Å²) in [5, 5.41) is 3.80. The molecule has 1 unspecified atom stereocenters. The Labute approximate surface area is 199 Å². The maximum atomic E-state index is 12.2. The van der Waals surface area contributed by atoms with Crippen LogP contribution in [0.15, 0.2) is 48.5 Å². The Bertz CT molecular complexity index is 874. The van der Waals surface area contributed by atoms with Crippen molar-refractivity contribution in [2.75, 3.05) is 20.2 Å². The number of hydrogen-bond donors (Lipinski definition) is 1. The van der Waals surface area contributed by atoms with E-state index < -0.39 is 0 Å². The smallest absolute Gasteiger partial charge is 0.239 e. The fourth-order valence-electron chi connectivity index (χ4n) is 3.58. The average Bonchev–Trinajstić information content (AvgIpc) is 2.81. The number of likely N-dealkylation sites (tertiary alicyclic amines) is 1. The fourth-order valence-corrected chi connectivity index (χ4v) is 4.91. The van der Waals surface area contributed by atoms with Gasteiger partial charge >= 0.3 is 0 Å². The molecule has 0 aliphatic carbocycles. The van der Waals surface area contributed by atoms with Crippen LogP contribution >= 0.6 is 23.4 Å². The van der Waals surface area contributed by atoms with E-state index in [2.05, 4.69) is 17.4 Å². The number of β-lactam (4-membered cyclic amide) rings is 1. The van der Waals surface area contributed by atoms with Crippen LogP contribution in [0, 0.1) is 0 Å². The van der Waals surface area contributed by atoms with E-state index in [1.807, 2.05) is 36.4 Å². The number of aryl methyl sites for hydroxylation is 1. The van der Waals surface area contributed by atoms with Crippen molar-refractivity contribution in [3.63, 3.8) is 0 Å². The van der Waals surface area contributed by atoms with Gasteiger partial charge in [-0.3, -0.25) is 9.59 Å². The number of benzene rings is 2. The van der Waals surface area contributed by atoms with Crippen LogP contribution in [0.5, 0.6) is 5.75 Å². The number of ether oxygens (including phenoxy) is 1. The van der Waals surface area contributed by atoms with Crippen LogP contribution < -0.4 is 10.1 Å². The van der Waals surface area contributed by atoms with Crippen molar-refractivity contribution < 1.29 is 14.3 Å². The summed E-state index contributed by atoms with van der Waals surface area (Å²) in [5.74, 6) is 1.61. The van der Waals surface area contributed by atoms with Gasteiger partial charge in [0.1, 0.15) is 12.3 Å². The topological polar surface area (TPSA) is 58.6 Å². The molecular weight excluding hydrogens is 444 g/mol. The van der Waals surface area contributed by atoms with Crippen LogP contribution in [0.4, 0.5) is 0 Å². The lowest BCUT2D eigenvalue weighted by atomic mass is 10.1. The maximum Gasteiger partial charge on any atom is 0.239 e. The third kappa shape index (κ3) is 7.75. The Kier molecular flexibility index (Phi) is 9.75. The highest BCUT2D eigenvalue weighted by Crippen LogP contribution is 2.31. The Morgan fingerprint density at radius 1 is 1.06 bits per heavy atom. The van der Waals surface area contributed by atoms with Crippen molar-refractivity contribution in [2.24, 2.45) is 0 Å². The number of methoxy groups -OCH3 is 1. The molecule has 2 amide bonds. The van der Waals surface area contributed by atoms with Gasteiger partial charge in [0.25, 0.3) is 0 Å². The minimum absolute atomic E-state index is 0.0505. The van der Waals surface area contributed by atoms with Gasteiger partial charge in [0.05, 0.1) is 18.9 Å². The first kappa shape index (κ1) is 24.5. The predicted octanol–water partition coefficient (Wildman–Crippen LogP) is 5.06. The van der Waals surface area contributed by atoms with Crippen molar-refractivity contribution in [1.29, 1.82) is 0 Å². The van der Waals surface area contributed by atoms with Crippen molar-refractivity contribution >= 4 is 35.2 Å². The highest BCUT2D eigenvalue weighted by molar-refractivity contribution is 7.99. The molecule has 3 rings (SSSR count). The van der Waals surface area contributed by atoms with Gasteiger partial charge in [-0.1, -0.05) is 48.7 Å². The van der Waals surface area contributed by atoms with Crippen molar-refractivity contribution in [3.8, 4) is 5.75 Å². The second kappa shape index (κ2) is 12.8. The zero-order valence-corrected chi connectivity index (χ0v) is 20.1. The molecule has 1 aliphatic heterocycles. The van der Waals surface area contributed by atoms with Gasteiger partial charge in [0, 0.05) is 17.3 Å². The summed E-state index contributed by atoms with van der Waals surface area (Å²) >= 11 is 7.60. The quantitative estimate of drug-likeness (QED) is 0.325. The molecule has 2 aromatic rings. The predicted molar refractivity (Wildman–Crippen MR) is 131 cm³/mol. The zero-order valence-electron chi connectivity index (χ0n) is 18.5.